The van der Waals surface area contributed by atoms with E-state index in [9.17, 15) is 9.59 Å². The van der Waals surface area contributed by atoms with Gasteiger partial charge in [-0.05, 0) is 24.3 Å². The Bertz CT molecular complexity index is 334. The van der Waals surface area contributed by atoms with Crippen LogP contribution in [-0.2, 0) is 4.79 Å². The molecule has 0 saturated heterocycles. The number of Topliss-reactive ketones (excluding diaryl/α,β-unsaturated/α-hetero) is 1. The van der Waals surface area contributed by atoms with Crippen LogP contribution in [-0.4, -0.2) is 16.8 Å². The minimum Gasteiger partial charge on any atom is -0.508 e. The summed E-state index contributed by atoms with van der Waals surface area (Å²) in [7, 11) is 0. The van der Waals surface area contributed by atoms with Crippen LogP contribution < -0.4 is 4.84 Å². The van der Waals surface area contributed by atoms with Crippen LogP contribution in [0.1, 0.15) is 10.4 Å². The number of phenolic OH excluding ortho intramolecular Hbond substituents is 1. The first-order chi connectivity index (χ1) is 6.15. The van der Waals surface area contributed by atoms with E-state index >= 15 is 0 Å². The van der Waals surface area contributed by atoms with Crippen LogP contribution in [0.15, 0.2) is 24.3 Å². The van der Waals surface area contributed by atoms with Crippen molar-refractivity contribution in [1.29, 1.82) is 0 Å². The molecule has 0 aliphatic carbocycles. The van der Waals surface area contributed by atoms with Gasteiger partial charge in [-0.1, -0.05) is 0 Å². The Kier molecular flexibility index (Phi) is 2.87. The molecule has 1 aromatic carbocycles. The number of carbonyl (C=O) groups excluding carboxylic acids is 2. The summed E-state index contributed by atoms with van der Waals surface area (Å²) in [5.41, 5.74) is 0.177. The van der Waals surface area contributed by atoms with Gasteiger partial charge in [0.25, 0.3) is 5.78 Å². The number of carbonyl (C=O) groups is 2. The van der Waals surface area contributed by atoms with Crippen molar-refractivity contribution in [2.24, 2.45) is 0 Å². The van der Waals surface area contributed by atoms with Crippen molar-refractivity contribution in [2.75, 3.05) is 0 Å². The number of rotatable bonds is 2. The molecule has 1 amide bonds. The Morgan fingerprint density at radius 2 is 1.77 bits per heavy atom. The highest BCUT2D eigenvalue weighted by Gasteiger charge is 2.14. The molecule has 0 fully saturated rings. The monoisotopic (exact) mass is 199 g/mol. The molecule has 1 rings (SSSR count). The maximum absolute atomic E-state index is 11.1. The molecule has 13 heavy (non-hydrogen) atoms. The third kappa shape index (κ3) is 2.19. The molecule has 0 aromatic heterocycles. The van der Waals surface area contributed by atoms with Crippen LogP contribution in [0.4, 0.5) is 0 Å². The molecular formula is C8H6ClNO3. The summed E-state index contributed by atoms with van der Waals surface area (Å²) in [5.74, 6) is -1.61. The predicted octanol–water partition coefficient (Wildman–Crippen LogP) is 0.845. The minimum atomic E-state index is -0.896. The quantitative estimate of drug-likeness (QED) is 0.422. The number of benzene rings is 1. The number of phenols is 1. The summed E-state index contributed by atoms with van der Waals surface area (Å²) >= 11 is 4.96. The van der Waals surface area contributed by atoms with E-state index in [-0.39, 0.29) is 11.3 Å². The summed E-state index contributed by atoms with van der Waals surface area (Å²) in [6, 6.07) is 5.30. The highest BCUT2D eigenvalue weighted by atomic mass is 35.5. The molecule has 0 aliphatic rings. The van der Waals surface area contributed by atoms with Gasteiger partial charge in [0.2, 0.25) is 0 Å². The zero-order valence-corrected chi connectivity index (χ0v) is 7.21. The molecule has 2 N–H and O–H groups in total. The highest BCUT2D eigenvalue weighted by molar-refractivity contribution is 6.48. The van der Waals surface area contributed by atoms with Crippen molar-refractivity contribution in [3.8, 4) is 5.75 Å². The van der Waals surface area contributed by atoms with Gasteiger partial charge in [-0.2, -0.15) is 0 Å². The SMILES string of the molecule is O=C(NCl)C(=O)c1ccc(O)cc1. The van der Waals surface area contributed by atoms with Crippen LogP contribution >= 0.6 is 11.8 Å². The first-order valence-corrected chi connectivity index (χ1v) is 3.77. The normalized spacial score (nSPS) is 9.31. The first kappa shape index (κ1) is 9.54. The van der Waals surface area contributed by atoms with Crippen LogP contribution in [0, 0.1) is 0 Å². The number of ketones is 1. The Balaban J connectivity index is 2.90. The van der Waals surface area contributed by atoms with Gasteiger partial charge in [-0.3, -0.25) is 14.4 Å². The van der Waals surface area contributed by atoms with E-state index in [1.807, 2.05) is 0 Å². The Morgan fingerprint density at radius 3 is 2.23 bits per heavy atom. The zero-order valence-electron chi connectivity index (χ0n) is 6.45. The third-order valence-corrected chi connectivity index (χ3v) is 1.59. The maximum Gasteiger partial charge on any atom is 0.306 e. The van der Waals surface area contributed by atoms with E-state index in [2.05, 4.69) is 0 Å². The Hall–Kier alpha value is -1.55. The first-order valence-electron chi connectivity index (χ1n) is 3.39. The fraction of sp³-hybridized carbons (Fsp3) is 0. The molecule has 0 spiro atoms. The van der Waals surface area contributed by atoms with Crippen LogP contribution in [0.2, 0.25) is 0 Å². The Labute approximate surface area is 79.2 Å². The lowest BCUT2D eigenvalue weighted by atomic mass is 10.1. The maximum atomic E-state index is 11.1. The van der Waals surface area contributed by atoms with Crippen molar-refractivity contribution >= 4 is 23.5 Å². The fourth-order valence-corrected chi connectivity index (χ4v) is 0.873. The van der Waals surface area contributed by atoms with Crippen LogP contribution in [0.3, 0.4) is 0 Å². The molecule has 0 heterocycles. The lowest BCUT2D eigenvalue weighted by molar-refractivity contribution is -0.115. The van der Waals surface area contributed by atoms with Crippen molar-refractivity contribution in [3.63, 3.8) is 0 Å². The highest BCUT2D eigenvalue weighted by Crippen LogP contribution is 2.09. The third-order valence-electron chi connectivity index (χ3n) is 1.42. The number of hydrogen-bond donors (Lipinski definition) is 2. The average Bonchev–Trinajstić information content (AvgIpc) is 2.17. The molecule has 68 valence electrons. The van der Waals surface area contributed by atoms with Gasteiger partial charge >= 0.3 is 5.91 Å². The van der Waals surface area contributed by atoms with Gasteiger partial charge in [0.1, 0.15) is 5.75 Å². The molecule has 0 atom stereocenters. The largest absolute Gasteiger partial charge is 0.508 e. The van der Waals surface area contributed by atoms with Gasteiger partial charge in [0, 0.05) is 17.3 Å². The molecule has 5 heteroatoms. The Morgan fingerprint density at radius 1 is 1.23 bits per heavy atom. The van der Waals surface area contributed by atoms with Crippen molar-refractivity contribution in [2.45, 2.75) is 0 Å². The topological polar surface area (TPSA) is 66.4 Å². The van der Waals surface area contributed by atoms with Gasteiger partial charge in [-0.25, -0.2) is 0 Å². The molecule has 0 bridgehead atoms. The van der Waals surface area contributed by atoms with Crippen LogP contribution in [0.5, 0.6) is 5.75 Å². The summed E-state index contributed by atoms with van der Waals surface area (Å²) in [6.07, 6.45) is 0. The number of nitrogens with one attached hydrogen (secondary N) is 1. The standard InChI is InChI=1S/C8H6ClNO3/c9-10-8(13)7(12)5-1-3-6(11)4-2-5/h1-4,11H,(H,10,13). The van der Waals surface area contributed by atoms with Crippen molar-refractivity contribution < 1.29 is 14.7 Å². The second-order valence-electron chi connectivity index (χ2n) is 2.30. The summed E-state index contributed by atoms with van der Waals surface area (Å²) in [6.45, 7) is 0. The number of aromatic hydroxyl groups is 1. The van der Waals surface area contributed by atoms with Gasteiger partial charge < -0.3 is 5.11 Å². The number of amides is 1. The van der Waals surface area contributed by atoms with Crippen LogP contribution in [0.25, 0.3) is 0 Å². The van der Waals surface area contributed by atoms with Gasteiger partial charge in [0.05, 0.1) is 0 Å². The predicted molar refractivity (Wildman–Crippen MR) is 46.4 cm³/mol. The van der Waals surface area contributed by atoms with E-state index in [1.54, 1.807) is 4.84 Å². The summed E-state index contributed by atoms with van der Waals surface area (Å²) < 4.78 is 0. The molecule has 0 aliphatic heterocycles. The van der Waals surface area contributed by atoms with E-state index in [0.717, 1.165) is 0 Å². The van der Waals surface area contributed by atoms with Crippen molar-refractivity contribution in [3.05, 3.63) is 29.8 Å². The fourth-order valence-electron chi connectivity index (χ4n) is 0.787. The number of hydrogen-bond acceptors (Lipinski definition) is 3. The molecular weight excluding hydrogens is 194 g/mol. The van der Waals surface area contributed by atoms with E-state index in [0.29, 0.717) is 0 Å². The van der Waals surface area contributed by atoms with E-state index in [1.165, 1.54) is 24.3 Å². The molecule has 0 saturated carbocycles. The number of halogens is 1. The van der Waals surface area contributed by atoms with E-state index < -0.39 is 11.7 Å². The second-order valence-corrected chi connectivity index (χ2v) is 2.49. The molecule has 1 aromatic rings. The zero-order chi connectivity index (χ0) is 9.84. The summed E-state index contributed by atoms with van der Waals surface area (Å²) in [5, 5.41) is 8.90. The molecule has 0 unspecified atom stereocenters. The van der Waals surface area contributed by atoms with Gasteiger partial charge in [-0.15, -0.1) is 0 Å². The smallest absolute Gasteiger partial charge is 0.306 e. The van der Waals surface area contributed by atoms with E-state index in [4.69, 9.17) is 16.9 Å². The second kappa shape index (κ2) is 3.91. The summed E-state index contributed by atoms with van der Waals surface area (Å²) in [4.78, 5) is 23.6. The lowest BCUT2D eigenvalue weighted by Gasteiger charge is -1.97. The molecule has 4 nitrogen and oxygen atoms in total. The lowest BCUT2D eigenvalue weighted by Crippen LogP contribution is -2.23. The minimum absolute atomic E-state index is 0.0304. The average molecular weight is 200 g/mol. The van der Waals surface area contributed by atoms with Gasteiger partial charge in [0.15, 0.2) is 0 Å². The van der Waals surface area contributed by atoms with Crippen molar-refractivity contribution in [1.82, 2.24) is 4.84 Å². The molecule has 0 radical (unpaired) electrons.